The first-order valence-electron chi connectivity index (χ1n) is 8.87. The van der Waals surface area contributed by atoms with Crippen LogP contribution in [0.2, 0.25) is 5.15 Å². The molecule has 4 aromatic rings. The smallest absolute Gasteiger partial charge is 0.441 e. The summed E-state index contributed by atoms with van der Waals surface area (Å²) in [6.45, 7) is 9.22. The number of ether oxygens (including phenoxy) is 1. The topological polar surface area (TPSA) is 99.1 Å². The molecule has 8 nitrogen and oxygen atoms in total. The fraction of sp³-hybridized carbons (Fsp3) is 0.316. The van der Waals surface area contributed by atoms with Crippen LogP contribution in [-0.4, -0.2) is 31.6 Å². The molecule has 0 aliphatic carbocycles. The first-order chi connectivity index (χ1) is 14.1. The van der Waals surface area contributed by atoms with Crippen molar-refractivity contribution in [3.05, 3.63) is 39.7 Å². The Kier molecular flexibility index (Phi) is 6.69. The number of thiazole rings is 2. The van der Waals surface area contributed by atoms with E-state index in [0.29, 0.717) is 11.0 Å². The highest BCUT2D eigenvalue weighted by atomic mass is 35.5. The number of amides is 1. The Balaban J connectivity index is 0.000000196. The molecule has 0 radical (unpaired) electrons. The Morgan fingerprint density at radius 1 is 1.00 bits per heavy atom. The molecular formula is C19H20ClN5O3S2. The number of hydrogen-bond acceptors (Lipinski definition) is 9. The third kappa shape index (κ3) is 6.22. The normalized spacial score (nSPS) is 11.1. The molecule has 1 amide bonds. The Morgan fingerprint density at radius 2 is 1.57 bits per heavy atom. The number of pyridine rings is 2. The van der Waals surface area contributed by atoms with Gasteiger partial charge in [-0.3, -0.25) is 0 Å². The molecule has 0 atom stereocenters. The summed E-state index contributed by atoms with van der Waals surface area (Å²) in [5, 5.41) is 2.53. The SMILES string of the molecule is Cc1nc2cnc(Cl)cc2s1.Cc1nc2cnc(ONC(=O)OC(C)(C)C)cc2s1. The minimum atomic E-state index is -0.658. The number of fused-ring (bicyclic) bond motifs is 2. The second-order valence-electron chi connectivity index (χ2n) is 7.14. The Bertz CT molecular complexity index is 1190. The van der Waals surface area contributed by atoms with Gasteiger partial charge in [0.1, 0.15) is 16.3 Å². The number of hydrogen-bond donors (Lipinski definition) is 1. The van der Waals surface area contributed by atoms with Crippen LogP contribution in [0.15, 0.2) is 24.5 Å². The van der Waals surface area contributed by atoms with Gasteiger partial charge in [-0.2, -0.15) is 5.48 Å². The van der Waals surface area contributed by atoms with Crippen molar-refractivity contribution in [3.63, 3.8) is 0 Å². The first-order valence-corrected chi connectivity index (χ1v) is 10.9. The van der Waals surface area contributed by atoms with E-state index in [4.69, 9.17) is 21.2 Å². The quantitative estimate of drug-likeness (QED) is 0.309. The fourth-order valence-corrected chi connectivity index (χ4v) is 4.18. The van der Waals surface area contributed by atoms with Crippen LogP contribution < -0.4 is 10.3 Å². The van der Waals surface area contributed by atoms with Crippen molar-refractivity contribution in [1.82, 2.24) is 25.4 Å². The molecule has 0 saturated carbocycles. The van der Waals surface area contributed by atoms with Gasteiger partial charge in [-0.15, -0.1) is 22.7 Å². The maximum absolute atomic E-state index is 11.4. The van der Waals surface area contributed by atoms with Gasteiger partial charge in [-0.05, 0) is 40.7 Å². The minimum absolute atomic E-state index is 0.294. The summed E-state index contributed by atoms with van der Waals surface area (Å²) < 4.78 is 7.09. The first kappa shape index (κ1) is 22.1. The van der Waals surface area contributed by atoms with Gasteiger partial charge in [0.15, 0.2) is 0 Å². The van der Waals surface area contributed by atoms with Gasteiger partial charge in [-0.25, -0.2) is 24.7 Å². The lowest BCUT2D eigenvalue weighted by molar-refractivity contribution is 0.0279. The summed E-state index contributed by atoms with van der Waals surface area (Å²) in [6, 6.07) is 3.55. The van der Waals surface area contributed by atoms with Crippen molar-refractivity contribution >= 4 is 60.8 Å². The van der Waals surface area contributed by atoms with Crippen molar-refractivity contribution < 1.29 is 14.4 Å². The predicted molar refractivity (Wildman–Crippen MR) is 119 cm³/mol. The molecule has 0 aliphatic rings. The molecule has 0 aromatic carbocycles. The van der Waals surface area contributed by atoms with Crippen molar-refractivity contribution in [1.29, 1.82) is 0 Å². The molecular weight excluding hydrogens is 446 g/mol. The van der Waals surface area contributed by atoms with Gasteiger partial charge in [0, 0.05) is 6.07 Å². The van der Waals surface area contributed by atoms with Crippen LogP contribution in [0.5, 0.6) is 5.88 Å². The summed E-state index contributed by atoms with van der Waals surface area (Å²) in [4.78, 5) is 33.0. The molecule has 1 N–H and O–H groups in total. The maximum atomic E-state index is 11.4. The van der Waals surface area contributed by atoms with Gasteiger partial charge in [0.2, 0.25) is 5.88 Å². The largest absolute Gasteiger partial charge is 0.442 e. The molecule has 0 unspecified atom stereocenters. The highest BCUT2D eigenvalue weighted by molar-refractivity contribution is 7.18. The second kappa shape index (κ2) is 9.07. The lowest BCUT2D eigenvalue weighted by Gasteiger charge is -2.19. The van der Waals surface area contributed by atoms with Gasteiger partial charge < -0.3 is 9.57 Å². The molecule has 158 valence electrons. The van der Waals surface area contributed by atoms with Crippen LogP contribution in [0.25, 0.3) is 20.4 Å². The summed E-state index contributed by atoms with van der Waals surface area (Å²) in [6.07, 6.45) is 2.64. The van der Waals surface area contributed by atoms with E-state index in [2.05, 4.69) is 25.4 Å². The van der Waals surface area contributed by atoms with Crippen LogP contribution in [0, 0.1) is 13.8 Å². The number of aromatic nitrogens is 4. The van der Waals surface area contributed by atoms with E-state index in [1.165, 1.54) is 11.3 Å². The van der Waals surface area contributed by atoms with Crippen LogP contribution >= 0.6 is 34.3 Å². The van der Waals surface area contributed by atoms with Crippen LogP contribution in [0.1, 0.15) is 30.8 Å². The number of rotatable bonds is 2. The number of carbonyl (C=O) groups excluding carboxylic acids is 1. The number of hydroxylamine groups is 1. The summed E-state index contributed by atoms with van der Waals surface area (Å²) >= 11 is 8.86. The average molecular weight is 466 g/mol. The van der Waals surface area contributed by atoms with Crippen LogP contribution in [-0.2, 0) is 4.74 Å². The zero-order valence-electron chi connectivity index (χ0n) is 17.0. The molecule has 0 spiro atoms. The number of aryl methyl sites for hydroxylation is 2. The van der Waals surface area contributed by atoms with E-state index in [1.807, 2.05) is 19.9 Å². The van der Waals surface area contributed by atoms with E-state index in [-0.39, 0.29) is 0 Å². The van der Waals surface area contributed by atoms with Crippen molar-refractivity contribution in [2.45, 2.75) is 40.2 Å². The zero-order chi connectivity index (χ0) is 21.9. The molecule has 0 fully saturated rings. The van der Waals surface area contributed by atoms with E-state index in [0.717, 1.165) is 30.4 Å². The highest BCUT2D eigenvalue weighted by Crippen LogP contribution is 2.24. The van der Waals surface area contributed by atoms with Gasteiger partial charge >= 0.3 is 6.09 Å². The number of nitrogens with zero attached hydrogens (tertiary/aromatic N) is 4. The summed E-state index contributed by atoms with van der Waals surface area (Å²) in [5.74, 6) is 0.294. The highest BCUT2D eigenvalue weighted by Gasteiger charge is 2.16. The average Bonchev–Trinajstić information content (AvgIpc) is 3.18. The molecule has 0 saturated heterocycles. The van der Waals surface area contributed by atoms with E-state index < -0.39 is 11.7 Å². The van der Waals surface area contributed by atoms with E-state index in [1.54, 1.807) is 50.6 Å². The molecule has 4 heterocycles. The molecule has 11 heteroatoms. The van der Waals surface area contributed by atoms with Crippen molar-refractivity contribution in [2.75, 3.05) is 0 Å². The summed E-state index contributed by atoms with van der Waals surface area (Å²) in [7, 11) is 0. The standard InChI is InChI=1S/C12H15N3O3S.C7H5ClN2S/c1-7-14-8-6-13-10(5-9(8)19-7)18-15-11(16)17-12(2,3)4;1-4-10-5-3-9-7(8)2-6(5)11-4/h5-6H,1-4H3,(H,15,16);2-3H,1H3. The number of nitrogens with one attached hydrogen (secondary N) is 1. The lowest BCUT2D eigenvalue weighted by Crippen LogP contribution is -2.34. The third-order valence-electron chi connectivity index (χ3n) is 3.34. The van der Waals surface area contributed by atoms with E-state index >= 15 is 0 Å². The summed E-state index contributed by atoms with van der Waals surface area (Å²) in [5.41, 5.74) is 3.36. The van der Waals surface area contributed by atoms with Crippen LogP contribution in [0.4, 0.5) is 4.79 Å². The van der Waals surface area contributed by atoms with Gasteiger partial charge in [0.05, 0.1) is 37.3 Å². The molecule has 0 bridgehead atoms. The second-order valence-corrected chi connectivity index (χ2v) is 9.99. The Morgan fingerprint density at radius 3 is 2.17 bits per heavy atom. The minimum Gasteiger partial charge on any atom is -0.442 e. The predicted octanol–water partition coefficient (Wildman–Crippen LogP) is 5.47. The van der Waals surface area contributed by atoms with E-state index in [9.17, 15) is 4.79 Å². The Hall–Kier alpha value is -2.56. The Labute approximate surface area is 186 Å². The lowest BCUT2D eigenvalue weighted by atomic mass is 10.2. The van der Waals surface area contributed by atoms with Crippen molar-refractivity contribution in [2.24, 2.45) is 0 Å². The number of halogens is 1. The fourth-order valence-electron chi connectivity index (χ4n) is 2.30. The molecule has 4 aromatic heterocycles. The third-order valence-corrected chi connectivity index (χ3v) is 5.42. The zero-order valence-corrected chi connectivity index (χ0v) is 19.4. The molecule has 0 aliphatic heterocycles. The van der Waals surface area contributed by atoms with Crippen LogP contribution in [0.3, 0.4) is 0 Å². The van der Waals surface area contributed by atoms with Gasteiger partial charge in [0.25, 0.3) is 0 Å². The number of carbonyl (C=O) groups is 1. The van der Waals surface area contributed by atoms with Crippen molar-refractivity contribution in [3.8, 4) is 5.88 Å². The molecule has 4 rings (SSSR count). The maximum Gasteiger partial charge on any atom is 0.441 e. The monoisotopic (exact) mass is 465 g/mol. The van der Waals surface area contributed by atoms with Gasteiger partial charge in [-0.1, -0.05) is 11.6 Å². The molecule has 30 heavy (non-hydrogen) atoms.